The lowest BCUT2D eigenvalue weighted by Gasteiger charge is -2.56. The van der Waals surface area contributed by atoms with Gasteiger partial charge in [0.2, 0.25) is 5.78 Å². The van der Waals surface area contributed by atoms with Gasteiger partial charge in [0, 0.05) is 16.4 Å². The smallest absolute Gasteiger partial charge is 0.315 e. The van der Waals surface area contributed by atoms with E-state index in [0.717, 1.165) is 12.8 Å². The van der Waals surface area contributed by atoms with Crippen LogP contribution in [0.4, 0.5) is 0 Å². The van der Waals surface area contributed by atoms with E-state index >= 15 is 0 Å². The van der Waals surface area contributed by atoms with E-state index in [2.05, 4.69) is 6.58 Å². The number of rotatable bonds is 1. The van der Waals surface area contributed by atoms with Crippen molar-refractivity contribution in [1.82, 2.24) is 0 Å². The summed E-state index contributed by atoms with van der Waals surface area (Å²) in [7, 11) is 0. The highest BCUT2D eigenvalue weighted by atomic mass is 16.7. The van der Waals surface area contributed by atoms with Crippen LogP contribution in [0, 0.1) is 28.1 Å². The predicted molar refractivity (Wildman–Crippen MR) is 88.0 cm³/mol. The molecule has 0 aromatic carbocycles. The Bertz CT molecular complexity index is 785. The van der Waals surface area contributed by atoms with E-state index in [1.807, 2.05) is 6.92 Å². The zero-order chi connectivity index (χ0) is 18.0. The van der Waals surface area contributed by atoms with Gasteiger partial charge >= 0.3 is 5.97 Å². The Morgan fingerprint density at radius 1 is 1.24 bits per heavy atom. The number of hydrogen-bond donors (Lipinski definition) is 2. The third-order valence-corrected chi connectivity index (χ3v) is 8.17. The third kappa shape index (κ3) is 1.40. The number of ether oxygens (including phenoxy) is 1. The van der Waals surface area contributed by atoms with Crippen molar-refractivity contribution in [3.8, 4) is 0 Å². The Kier molecular flexibility index (Phi) is 2.48. The topological polar surface area (TPSA) is 83.8 Å². The lowest BCUT2D eigenvalue weighted by molar-refractivity contribution is -0.237. The molecular formula is C20H24O5. The summed E-state index contributed by atoms with van der Waals surface area (Å²) in [6.45, 7) is 7.60. The molecule has 5 rings (SSSR count). The van der Waals surface area contributed by atoms with Crippen molar-refractivity contribution in [2.75, 3.05) is 0 Å². The molecule has 0 aromatic heterocycles. The molecule has 5 heteroatoms. The van der Waals surface area contributed by atoms with Crippen molar-refractivity contribution in [3.05, 3.63) is 24.3 Å². The molecular weight excluding hydrogens is 320 g/mol. The maximum Gasteiger partial charge on any atom is 0.315 e. The molecule has 0 radical (unpaired) electrons. The highest BCUT2D eigenvalue weighted by Crippen LogP contribution is 2.81. The van der Waals surface area contributed by atoms with E-state index in [9.17, 15) is 19.8 Å². The lowest BCUT2D eigenvalue weighted by Crippen LogP contribution is -2.68. The number of carbonyl (C=O) groups is 2. The van der Waals surface area contributed by atoms with Gasteiger partial charge in [0.25, 0.3) is 5.79 Å². The summed E-state index contributed by atoms with van der Waals surface area (Å²) in [6.07, 6.45) is 6.81. The van der Waals surface area contributed by atoms with Crippen LogP contribution in [0.3, 0.4) is 0 Å². The number of carbonyl (C=O) groups excluding carboxylic acids is 2. The van der Waals surface area contributed by atoms with Gasteiger partial charge in [0.1, 0.15) is 0 Å². The SMILES string of the molecule is C=C[C@@]1(C)C=C2C(=O)[C@]3(O)OC(=O)[C@]4(C)CC[C@@H]5C[C@@]5([C@@H]43)[C@]2(O)CC1. The zero-order valence-electron chi connectivity index (χ0n) is 14.7. The second-order valence-corrected chi connectivity index (χ2v) is 9.37. The molecule has 5 nitrogen and oxygen atoms in total. The van der Waals surface area contributed by atoms with E-state index in [1.165, 1.54) is 0 Å². The number of fused-ring (bicyclic) bond motifs is 1. The van der Waals surface area contributed by atoms with Crippen molar-refractivity contribution in [3.63, 3.8) is 0 Å². The fraction of sp³-hybridized carbons (Fsp3) is 0.700. The van der Waals surface area contributed by atoms with Gasteiger partial charge in [-0.15, -0.1) is 6.58 Å². The van der Waals surface area contributed by atoms with Crippen molar-refractivity contribution in [2.24, 2.45) is 28.1 Å². The monoisotopic (exact) mass is 344 g/mol. The summed E-state index contributed by atoms with van der Waals surface area (Å²) in [5.74, 6) is -3.73. The van der Waals surface area contributed by atoms with Gasteiger partial charge in [-0.1, -0.05) is 19.1 Å². The molecule has 4 aliphatic carbocycles. The summed E-state index contributed by atoms with van der Waals surface area (Å²) in [5, 5.41) is 23.0. The fourth-order valence-electron chi connectivity index (χ4n) is 6.69. The minimum Gasteiger partial charge on any atom is -0.424 e. The van der Waals surface area contributed by atoms with E-state index in [-0.39, 0.29) is 11.5 Å². The molecule has 7 atom stereocenters. The predicted octanol–water partition coefficient (Wildman–Crippen LogP) is 1.88. The normalized spacial score (nSPS) is 58.5. The first-order chi connectivity index (χ1) is 11.6. The first kappa shape index (κ1) is 15.8. The summed E-state index contributed by atoms with van der Waals surface area (Å²) < 4.78 is 5.36. The van der Waals surface area contributed by atoms with Crippen LogP contribution < -0.4 is 0 Å². The lowest BCUT2D eigenvalue weighted by atomic mass is 9.47. The number of allylic oxidation sites excluding steroid dienone is 2. The van der Waals surface area contributed by atoms with Crippen LogP contribution in [0.2, 0.25) is 0 Å². The molecule has 0 bridgehead atoms. The number of Topliss-reactive ketones (excluding diaryl/α,β-unsaturated/α-hetero) is 1. The molecule has 5 aliphatic rings. The minimum absolute atomic E-state index is 0.223. The van der Waals surface area contributed by atoms with E-state index < -0.39 is 45.3 Å². The van der Waals surface area contributed by atoms with Gasteiger partial charge in [-0.05, 0) is 44.9 Å². The summed E-state index contributed by atoms with van der Waals surface area (Å²) in [6, 6.07) is 0. The number of esters is 1. The zero-order valence-corrected chi connectivity index (χ0v) is 14.7. The van der Waals surface area contributed by atoms with Crippen LogP contribution in [0.5, 0.6) is 0 Å². The molecule has 0 amide bonds. The Morgan fingerprint density at radius 2 is 1.96 bits per heavy atom. The van der Waals surface area contributed by atoms with Gasteiger partial charge in [-0.2, -0.15) is 0 Å². The molecule has 1 saturated heterocycles. The molecule has 1 heterocycles. The Hall–Kier alpha value is -1.46. The largest absolute Gasteiger partial charge is 0.424 e. The van der Waals surface area contributed by atoms with E-state index in [0.29, 0.717) is 19.3 Å². The van der Waals surface area contributed by atoms with Gasteiger partial charge in [-0.3, -0.25) is 9.59 Å². The Morgan fingerprint density at radius 3 is 2.64 bits per heavy atom. The first-order valence-corrected chi connectivity index (χ1v) is 9.17. The maximum absolute atomic E-state index is 13.3. The first-order valence-electron chi connectivity index (χ1n) is 9.17. The van der Waals surface area contributed by atoms with Gasteiger partial charge in [0.05, 0.1) is 16.9 Å². The highest BCUT2D eigenvalue weighted by Gasteiger charge is 2.87. The van der Waals surface area contributed by atoms with Gasteiger partial charge in [0.15, 0.2) is 0 Å². The quantitative estimate of drug-likeness (QED) is 0.560. The molecule has 1 spiro atoms. The summed E-state index contributed by atoms with van der Waals surface area (Å²) in [5.41, 5.74) is -3.02. The number of aliphatic hydroxyl groups is 2. The van der Waals surface area contributed by atoms with Crippen LogP contribution in [0.25, 0.3) is 0 Å². The standard InChI is InChI=1S/C20H24O5/c1-4-16(2)7-8-19(23)12(10-16)13(21)20(24)14-17(3,15(22)25-20)6-5-11-9-18(11,14)19/h4,10-11,14,23-24H,1,5-9H2,2-3H3/t11-,14-,16-,17-,18-,19+,20+/m1/s1. The van der Waals surface area contributed by atoms with Crippen LogP contribution in [0.1, 0.15) is 46.0 Å². The maximum atomic E-state index is 13.3. The van der Waals surface area contributed by atoms with Crippen molar-refractivity contribution >= 4 is 11.8 Å². The second kappa shape index (κ2) is 3.94. The van der Waals surface area contributed by atoms with Crippen molar-refractivity contribution in [2.45, 2.75) is 57.3 Å². The van der Waals surface area contributed by atoms with Crippen LogP contribution in [-0.2, 0) is 14.3 Å². The molecule has 134 valence electrons. The van der Waals surface area contributed by atoms with E-state index in [4.69, 9.17) is 4.74 Å². The van der Waals surface area contributed by atoms with Gasteiger partial charge < -0.3 is 14.9 Å². The third-order valence-electron chi connectivity index (χ3n) is 8.17. The van der Waals surface area contributed by atoms with E-state index in [1.54, 1.807) is 19.1 Å². The Labute approximate surface area is 146 Å². The average Bonchev–Trinajstić information content (AvgIpc) is 3.26. The van der Waals surface area contributed by atoms with Crippen LogP contribution >= 0.6 is 0 Å². The molecule has 25 heavy (non-hydrogen) atoms. The van der Waals surface area contributed by atoms with Crippen molar-refractivity contribution < 1.29 is 24.5 Å². The van der Waals surface area contributed by atoms with Crippen LogP contribution in [-0.4, -0.2) is 33.4 Å². The highest BCUT2D eigenvalue weighted by molar-refractivity contribution is 6.08. The summed E-state index contributed by atoms with van der Waals surface area (Å²) in [4.78, 5) is 25.9. The molecule has 0 unspecified atom stereocenters. The average molecular weight is 344 g/mol. The minimum atomic E-state index is -2.14. The second-order valence-electron chi connectivity index (χ2n) is 9.37. The number of hydrogen-bond acceptors (Lipinski definition) is 5. The Balaban J connectivity index is 1.79. The molecule has 1 aliphatic heterocycles. The van der Waals surface area contributed by atoms with Crippen molar-refractivity contribution in [1.29, 1.82) is 0 Å². The summed E-state index contributed by atoms with van der Waals surface area (Å²) >= 11 is 0. The molecule has 0 aromatic rings. The fourth-order valence-corrected chi connectivity index (χ4v) is 6.69. The molecule has 3 saturated carbocycles. The molecule has 2 N–H and O–H groups in total. The molecule has 4 fully saturated rings. The van der Waals surface area contributed by atoms with Gasteiger partial charge in [-0.25, -0.2) is 0 Å². The van der Waals surface area contributed by atoms with Crippen LogP contribution in [0.15, 0.2) is 24.3 Å². The number of ketones is 1.